The van der Waals surface area contributed by atoms with Crippen LogP contribution in [0.5, 0.6) is 0 Å². The minimum Gasteiger partial charge on any atom is -0.480 e. The van der Waals surface area contributed by atoms with Crippen LogP contribution in [0.2, 0.25) is 0 Å². The van der Waals surface area contributed by atoms with Gasteiger partial charge in [0, 0.05) is 11.6 Å². The largest absolute Gasteiger partial charge is 0.480 e. The molecule has 12 nitrogen and oxygen atoms in total. The van der Waals surface area contributed by atoms with E-state index in [1.165, 1.54) is 0 Å². The van der Waals surface area contributed by atoms with Gasteiger partial charge in [0.05, 0.1) is 6.04 Å². The van der Waals surface area contributed by atoms with Crippen molar-refractivity contribution in [3.05, 3.63) is 0 Å². The highest BCUT2D eigenvalue weighted by Crippen LogP contribution is 2.27. The van der Waals surface area contributed by atoms with Gasteiger partial charge in [0.1, 0.15) is 30.5 Å². The Morgan fingerprint density at radius 2 is 1.87 bits per heavy atom. The third-order valence-corrected chi connectivity index (χ3v) is 6.65. The Morgan fingerprint density at radius 3 is 2.45 bits per heavy atom. The number of hydrogen-bond donors (Lipinski definition) is 6. The van der Waals surface area contributed by atoms with Crippen LogP contribution in [0, 0.1) is 5.92 Å². The van der Waals surface area contributed by atoms with Crippen LogP contribution in [0.25, 0.3) is 0 Å². The van der Waals surface area contributed by atoms with Gasteiger partial charge in [-0.05, 0) is 78.8 Å². The normalized spacial score (nSPS) is 24.3. The first-order valence-corrected chi connectivity index (χ1v) is 13.6. The van der Waals surface area contributed by atoms with Gasteiger partial charge in [0.2, 0.25) is 17.7 Å². The molecule has 2 aliphatic rings. The predicted molar refractivity (Wildman–Crippen MR) is 146 cm³/mol. The zero-order valence-corrected chi connectivity index (χ0v) is 23.7. The molecule has 0 aromatic carbocycles. The molecule has 2 fully saturated rings. The summed E-state index contributed by atoms with van der Waals surface area (Å²) in [5, 5.41) is 21.1. The summed E-state index contributed by atoms with van der Waals surface area (Å²) >= 11 is 0. The molecule has 0 aromatic rings. The number of carbonyl (C=O) groups excluding carboxylic acids is 3. The van der Waals surface area contributed by atoms with Crippen LogP contribution in [0.1, 0.15) is 73.6 Å². The summed E-state index contributed by atoms with van der Waals surface area (Å²) in [7, 11) is 0. The highest BCUT2D eigenvalue weighted by Gasteiger charge is 2.45. The maximum Gasteiger partial charge on any atom is 0.326 e. The molecule has 0 radical (unpaired) electrons. The lowest BCUT2D eigenvalue weighted by Crippen LogP contribution is -2.67. The summed E-state index contributed by atoms with van der Waals surface area (Å²) in [6.07, 6.45) is 2.78. The third kappa shape index (κ3) is 9.23. The summed E-state index contributed by atoms with van der Waals surface area (Å²) in [5.41, 5.74) is 5.14. The fourth-order valence-electron chi connectivity index (χ4n) is 5.03. The van der Waals surface area contributed by atoms with Crippen molar-refractivity contribution in [2.24, 2.45) is 16.6 Å². The molecule has 2 saturated heterocycles. The molecule has 3 amide bonds. The minimum absolute atomic E-state index is 0.0325. The van der Waals surface area contributed by atoms with Gasteiger partial charge in [-0.2, -0.15) is 0 Å². The van der Waals surface area contributed by atoms with E-state index in [1.807, 2.05) is 41.5 Å². The number of carboxylic acid groups (broad SMARTS) is 1. The number of nitrogens with two attached hydrogens (primary N) is 1. The van der Waals surface area contributed by atoms with E-state index in [4.69, 9.17) is 5.73 Å². The average molecular weight is 538 g/mol. The number of amides is 3. The maximum atomic E-state index is 13.0. The van der Waals surface area contributed by atoms with Gasteiger partial charge >= 0.3 is 5.97 Å². The number of carbonyl (C=O) groups is 4. The lowest BCUT2D eigenvalue weighted by molar-refractivity contribution is -0.142. The van der Waals surface area contributed by atoms with Crippen LogP contribution in [0.4, 0.5) is 0 Å². The highest BCUT2D eigenvalue weighted by molar-refractivity contribution is 5.95. The van der Waals surface area contributed by atoms with Crippen LogP contribution in [0.3, 0.4) is 0 Å². The van der Waals surface area contributed by atoms with E-state index in [0.29, 0.717) is 25.2 Å². The SMILES string of the molecule is CC(C)C[C@@H](NC(=O)CN=C1N[C@@H](C)[C@@H](C(=O)NC(C)(C)C)N2CCC[C@H]12)C(=O)N[C@H](CCCN)C(=O)O. The Bertz CT molecular complexity index is 886. The number of aliphatic carboxylic acids is 1. The molecule has 38 heavy (non-hydrogen) atoms. The number of fused-ring (bicyclic) bond motifs is 1. The molecule has 0 aromatic heterocycles. The van der Waals surface area contributed by atoms with Gasteiger partial charge in [0.25, 0.3) is 0 Å². The first-order chi connectivity index (χ1) is 17.7. The summed E-state index contributed by atoms with van der Waals surface area (Å²) in [6.45, 7) is 12.5. The number of aliphatic imine (C=N–C) groups is 1. The summed E-state index contributed by atoms with van der Waals surface area (Å²) in [5.74, 6) is -1.38. The van der Waals surface area contributed by atoms with E-state index in [1.54, 1.807) is 0 Å². The van der Waals surface area contributed by atoms with Gasteiger partial charge in [-0.1, -0.05) is 13.8 Å². The van der Waals surface area contributed by atoms with Crippen LogP contribution in [0.15, 0.2) is 4.99 Å². The predicted octanol–water partition coefficient (Wildman–Crippen LogP) is -0.0365. The standard InChI is InChI=1S/C26H47N7O5/c1-15(2)13-18(23(35)31-17(25(37)38)9-7-11-27)30-20(34)14-28-22-19-10-8-12-33(19)21(16(3)29-22)24(36)32-26(4,5)6/h15-19,21H,7-14,27H2,1-6H3,(H,28,29)(H,30,34)(H,31,35)(H,32,36)(H,37,38)/t16-,17+,18+,19+,21-/m0/s1. The fourth-order valence-corrected chi connectivity index (χ4v) is 5.03. The third-order valence-electron chi connectivity index (χ3n) is 6.65. The Morgan fingerprint density at radius 1 is 1.18 bits per heavy atom. The molecular formula is C26H47N7O5. The second-order valence-electron chi connectivity index (χ2n) is 11.8. The van der Waals surface area contributed by atoms with Crippen molar-refractivity contribution in [2.75, 3.05) is 19.6 Å². The van der Waals surface area contributed by atoms with Gasteiger partial charge in [-0.15, -0.1) is 0 Å². The van der Waals surface area contributed by atoms with Crippen LogP contribution < -0.4 is 27.0 Å². The van der Waals surface area contributed by atoms with Crippen molar-refractivity contribution in [2.45, 2.75) is 109 Å². The first-order valence-electron chi connectivity index (χ1n) is 13.6. The first kappa shape index (κ1) is 31.5. The Kier molecular flexibility index (Phi) is 11.5. The van der Waals surface area contributed by atoms with Gasteiger partial charge in [-0.3, -0.25) is 24.3 Å². The average Bonchev–Trinajstić information content (AvgIpc) is 3.27. The maximum absolute atomic E-state index is 13.0. The Hall–Kier alpha value is -2.73. The molecule has 0 bridgehead atoms. The number of hydrogen-bond acceptors (Lipinski definition) is 7. The van der Waals surface area contributed by atoms with E-state index in [2.05, 4.69) is 31.2 Å². The fraction of sp³-hybridized carbons (Fsp3) is 0.808. The van der Waals surface area contributed by atoms with Crippen molar-refractivity contribution in [3.8, 4) is 0 Å². The van der Waals surface area contributed by atoms with Gasteiger partial charge < -0.3 is 32.1 Å². The number of piperazine rings is 1. The van der Waals surface area contributed by atoms with Crippen LogP contribution in [-0.4, -0.2) is 94.9 Å². The number of nitrogens with zero attached hydrogens (tertiary/aromatic N) is 2. The van der Waals surface area contributed by atoms with E-state index in [9.17, 15) is 24.3 Å². The number of rotatable bonds is 12. The second kappa shape index (κ2) is 13.9. The number of carboxylic acids is 1. The second-order valence-corrected chi connectivity index (χ2v) is 11.8. The molecule has 0 unspecified atom stereocenters. The van der Waals surface area contributed by atoms with E-state index in [-0.39, 0.29) is 48.5 Å². The smallest absolute Gasteiger partial charge is 0.326 e. The summed E-state index contributed by atoms with van der Waals surface area (Å²) < 4.78 is 0. The minimum atomic E-state index is -1.14. The molecule has 0 aliphatic carbocycles. The quantitative estimate of drug-likeness (QED) is 0.201. The number of nitrogens with one attached hydrogen (secondary N) is 4. The van der Waals surface area contributed by atoms with Crippen molar-refractivity contribution < 1.29 is 24.3 Å². The van der Waals surface area contributed by atoms with Gasteiger partial charge in [0.15, 0.2) is 0 Å². The molecule has 2 aliphatic heterocycles. The van der Waals surface area contributed by atoms with Crippen molar-refractivity contribution in [1.29, 1.82) is 0 Å². The molecule has 216 valence electrons. The molecule has 7 N–H and O–H groups in total. The lowest BCUT2D eigenvalue weighted by Gasteiger charge is -2.43. The molecular weight excluding hydrogens is 490 g/mol. The molecule has 0 spiro atoms. The molecule has 2 rings (SSSR count). The van der Waals surface area contributed by atoms with Crippen molar-refractivity contribution in [1.82, 2.24) is 26.2 Å². The van der Waals surface area contributed by atoms with Crippen LogP contribution in [-0.2, 0) is 19.2 Å². The zero-order valence-electron chi connectivity index (χ0n) is 23.7. The highest BCUT2D eigenvalue weighted by atomic mass is 16.4. The molecule has 12 heteroatoms. The lowest BCUT2D eigenvalue weighted by atomic mass is 9.98. The molecule has 0 saturated carbocycles. The molecule has 5 atom stereocenters. The van der Waals surface area contributed by atoms with Gasteiger partial charge in [-0.25, -0.2) is 4.79 Å². The van der Waals surface area contributed by atoms with Crippen molar-refractivity contribution >= 4 is 29.5 Å². The Labute approximate surface area is 225 Å². The number of amidine groups is 1. The van der Waals surface area contributed by atoms with E-state index >= 15 is 0 Å². The summed E-state index contributed by atoms with van der Waals surface area (Å²) in [6, 6.07) is -2.57. The van der Waals surface area contributed by atoms with Crippen LogP contribution >= 0.6 is 0 Å². The topological polar surface area (TPSA) is 178 Å². The van der Waals surface area contributed by atoms with E-state index < -0.39 is 29.9 Å². The zero-order chi connectivity index (χ0) is 28.6. The van der Waals surface area contributed by atoms with E-state index in [0.717, 1.165) is 19.4 Å². The molecule has 2 heterocycles. The monoisotopic (exact) mass is 537 g/mol. The Balaban J connectivity index is 2.07. The summed E-state index contributed by atoms with van der Waals surface area (Å²) in [4.78, 5) is 57.0. The van der Waals surface area contributed by atoms with Crippen molar-refractivity contribution in [3.63, 3.8) is 0 Å².